The lowest BCUT2D eigenvalue weighted by Crippen LogP contribution is -1.96. The van der Waals surface area contributed by atoms with Crippen molar-refractivity contribution in [3.63, 3.8) is 0 Å². The average molecular weight is 350 g/mol. The fourth-order valence-corrected chi connectivity index (χ4v) is 3.10. The van der Waals surface area contributed by atoms with Crippen molar-refractivity contribution in [1.29, 1.82) is 0 Å². The molecule has 0 bridgehead atoms. The maximum Gasteiger partial charge on any atom is 0.235 e. The molecular formula is C15H6F4N4S. The van der Waals surface area contributed by atoms with E-state index in [1.807, 2.05) is 0 Å². The van der Waals surface area contributed by atoms with E-state index in [4.69, 9.17) is 0 Å². The number of hydrogen-bond acceptors (Lipinski definition) is 4. The third kappa shape index (κ3) is 2.24. The molecule has 0 unspecified atom stereocenters. The number of benzene rings is 2. The third-order valence-electron chi connectivity index (χ3n) is 3.34. The molecule has 0 saturated carbocycles. The summed E-state index contributed by atoms with van der Waals surface area (Å²) in [5.74, 6) is -3.59. The molecule has 2 aromatic heterocycles. The minimum atomic E-state index is -1.07. The number of halogens is 4. The van der Waals surface area contributed by atoms with E-state index in [1.165, 1.54) is 22.7 Å². The van der Waals surface area contributed by atoms with Crippen LogP contribution in [0.5, 0.6) is 0 Å². The van der Waals surface area contributed by atoms with Crippen molar-refractivity contribution in [2.24, 2.45) is 0 Å². The number of rotatable bonds is 2. The molecule has 0 N–H and O–H groups in total. The number of nitrogens with zero attached hydrogens (tertiary/aromatic N) is 4. The Hall–Kier alpha value is -2.81. The molecule has 9 heteroatoms. The van der Waals surface area contributed by atoms with E-state index in [1.54, 1.807) is 0 Å². The molecule has 0 radical (unpaired) electrons. The Kier molecular flexibility index (Phi) is 3.31. The van der Waals surface area contributed by atoms with Gasteiger partial charge in [-0.25, -0.2) is 17.6 Å². The molecule has 0 aliphatic carbocycles. The van der Waals surface area contributed by atoms with E-state index >= 15 is 0 Å². The van der Waals surface area contributed by atoms with Gasteiger partial charge in [-0.3, -0.25) is 0 Å². The lowest BCUT2D eigenvalue weighted by Gasteiger charge is -2.00. The Labute approximate surface area is 136 Å². The average Bonchev–Trinajstić information content (AvgIpc) is 3.11. The van der Waals surface area contributed by atoms with Gasteiger partial charge in [-0.2, -0.15) is 9.61 Å². The summed E-state index contributed by atoms with van der Waals surface area (Å²) in [5.41, 5.74) is -0.0310. The Balaban J connectivity index is 1.89. The predicted octanol–water partition coefficient (Wildman–Crippen LogP) is 4.08. The maximum absolute atomic E-state index is 13.9. The van der Waals surface area contributed by atoms with Crippen molar-refractivity contribution in [1.82, 2.24) is 19.8 Å². The van der Waals surface area contributed by atoms with Gasteiger partial charge in [0.15, 0.2) is 22.5 Å². The summed E-state index contributed by atoms with van der Waals surface area (Å²) >= 11 is 0.996. The minimum absolute atomic E-state index is 0.00739. The van der Waals surface area contributed by atoms with Crippen LogP contribution in [-0.4, -0.2) is 19.8 Å². The highest BCUT2D eigenvalue weighted by Crippen LogP contribution is 2.31. The summed E-state index contributed by atoms with van der Waals surface area (Å²) in [7, 11) is 0. The van der Waals surface area contributed by atoms with Crippen molar-refractivity contribution in [3.8, 4) is 22.0 Å². The van der Waals surface area contributed by atoms with E-state index in [0.717, 1.165) is 29.5 Å². The van der Waals surface area contributed by atoms with E-state index in [-0.39, 0.29) is 26.9 Å². The molecule has 0 amide bonds. The molecule has 4 rings (SSSR count). The second kappa shape index (κ2) is 5.38. The van der Waals surface area contributed by atoms with Crippen LogP contribution in [0, 0.1) is 23.3 Å². The molecule has 0 spiro atoms. The Morgan fingerprint density at radius 3 is 2.50 bits per heavy atom. The fourth-order valence-electron chi connectivity index (χ4n) is 2.23. The van der Waals surface area contributed by atoms with E-state index < -0.39 is 23.3 Å². The van der Waals surface area contributed by atoms with Crippen LogP contribution >= 0.6 is 11.3 Å². The van der Waals surface area contributed by atoms with E-state index in [2.05, 4.69) is 15.3 Å². The Morgan fingerprint density at radius 2 is 1.71 bits per heavy atom. The third-order valence-corrected chi connectivity index (χ3v) is 4.28. The molecule has 2 aromatic carbocycles. The molecule has 24 heavy (non-hydrogen) atoms. The largest absolute Gasteiger partial charge is 0.235 e. The molecule has 0 aliphatic heterocycles. The highest BCUT2D eigenvalue weighted by Gasteiger charge is 2.20. The molecule has 4 nitrogen and oxygen atoms in total. The second-order valence-electron chi connectivity index (χ2n) is 4.85. The van der Waals surface area contributed by atoms with Crippen LogP contribution in [0.4, 0.5) is 17.6 Å². The molecule has 0 saturated heterocycles. The molecule has 0 aliphatic rings. The first-order chi connectivity index (χ1) is 11.5. The van der Waals surface area contributed by atoms with E-state index in [0.29, 0.717) is 0 Å². The summed E-state index contributed by atoms with van der Waals surface area (Å²) in [4.78, 5) is 0.271. The van der Waals surface area contributed by atoms with Gasteiger partial charge in [-0.1, -0.05) is 17.4 Å². The van der Waals surface area contributed by atoms with Gasteiger partial charge in [-0.05, 0) is 24.3 Å². The lowest BCUT2D eigenvalue weighted by molar-refractivity contribution is 0.510. The van der Waals surface area contributed by atoms with Crippen molar-refractivity contribution < 1.29 is 17.6 Å². The normalized spacial score (nSPS) is 11.3. The predicted molar refractivity (Wildman–Crippen MR) is 79.4 cm³/mol. The zero-order valence-electron chi connectivity index (χ0n) is 11.7. The molecule has 2 heterocycles. The first-order valence-corrected chi connectivity index (χ1v) is 7.48. The minimum Gasteiger partial charge on any atom is -0.207 e. The van der Waals surface area contributed by atoms with Crippen LogP contribution in [0.1, 0.15) is 0 Å². The van der Waals surface area contributed by atoms with Crippen LogP contribution in [-0.2, 0) is 0 Å². The summed E-state index contributed by atoms with van der Waals surface area (Å²) in [5, 5.41) is 12.0. The highest BCUT2D eigenvalue weighted by atomic mass is 32.1. The van der Waals surface area contributed by atoms with Gasteiger partial charge in [0.1, 0.15) is 11.6 Å². The maximum atomic E-state index is 13.9. The van der Waals surface area contributed by atoms with Crippen LogP contribution in [0.3, 0.4) is 0 Å². The van der Waals surface area contributed by atoms with Gasteiger partial charge in [-0.15, -0.1) is 10.2 Å². The number of aromatic nitrogens is 4. The first kappa shape index (κ1) is 14.8. The zero-order valence-corrected chi connectivity index (χ0v) is 12.5. The monoisotopic (exact) mass is 350 g/mol. The zero-order chi connectivity index (χ0) is 16.8. The SMILES string of the molecule is Fc1ccc(-c2nn3c(-c4cccc(F)c4F)nnc3s2)c(F)c1. The fraction of sp³-hybridized carbons (Fsp3) is 0. The number of hydrogen-bond donors (Lipinski definition) is 0. The standard InChI is InChI=1S/C15H6F4N4S/c16-7-4-5-8(11(18)6-7)14-22-23-13(20-21-15(23)24-14)9-2-1-3-10(17)12(9)19/h1-6H. The summed E-state index contributed by atoms with van der Waals surface area (Å²) in [6, 6.07) is 6.75. The van der Waals surface area contributed by atoms with Crippen molar-refractivity contribution >= 4 is 16.3 Å². The van der Waals surface area contributed by atoms with Gasteiger partial charge in [0.05, 0.1) is 5.56 Å². The van der Waals surface area contributed by atoms with Gasteiger partial charge in [0.25, 0.3) is 0 Å². The molecule has 4 aromatic rings. The summed E-state index contributed by atoms with van der Waals surface area (Å²) in [6.45, 7) is 0. The smallest absolute Gasteiger partial charge is 0.207 e. The van der Waals surface area contributed by atoms with Gasteiger partial charge < -0.3 is 0 Å². The first-order valence-electron chi connectivity index (χ1n) is 6.66. The van der Waals surface area contributed by atoms with Crippen LogP contribution in [0.25, 0.3) is 26.9 Å². The topological polar surface area (TPSA) is 43.1 Å². The Morgan fingerprint density at radius 1 is 0.875 bits per heavy atom. The van der Waals surface area contributed by atoms with Gasteiger partial charge in [0.2, 0.25) is 4.96 Å². The number of fused-ring (bicyclic) bond motifs is 1. The molecule has 0 atom stereocenters. The van der Waals surface area contributed by atoms with Gasteiger partial charge >= 0.3 is 0 Å². The van der Waals surface area contributed by atoms with Crippen molar-refractivity contribution in [2.45, 2.75) is 0 Å². The quantitative estimate of drug-likeness (QED) is 0.512. The van der Waals surface area contributed by atoms with Crippen LogP contribution in [0.15, 0.2) is 36.4 Å². The van der Waals surface area contributed by atoms with Gasteiger partial charge in [0, 0.05) is 11.6 Å². The lowest BCUT2D eigenvalue weighted by atomic mass is 10.2. The highest BCUT2D eigenvalue weighted by molar-refractivity contribution is 7.19. The van der Waals surface area contributed by atoms with Crippen LogP contribution < -0.4 is 0 Å². The van der Waals surface area contributed by atoms with Crippen molar-refractivity contribution in [2.75, 3.05) is 0 Å². The molecular weight excluding hydrogens is 344 g/mol. The van der Waals surface area contributed by atoms with E-state index in [9.17, 15) is 17.6 Å². The van der Waals surface area contributed by atoms with Crippen LogP contribution in [0.2, 0.25) is 0 Å². The molecule has 120 valence electrons. The second-order valence-corrected chi connectivity index (χ2v) is 5.81. The summed E-state index contributed by atoms with van der Waals surface area (Å²) in [6.07, 6.45) is 0. The van der Waals surface area contributed by atoms with Crippen molar-refractivity contribution in [3.05, 3.63) is 59.7 Å². The molecule has 0 fully saturated rings. The Bertz CT molecular complexity index is 1070. The summed E-state index contributed by atoms with van der Waals surface area (Å²) < 4.78 is 55.4.